The molecule has 3 aromatic rings. The van der Waals surface area contributed by atoms with Gasteiger partial charge in [0.25, 0.3) is 0 Å². The Hall–Kier alpha value is -3.09. The van der Waals surface area contributed by atoms with Gasteiger partial charge in [0.15, 0.2) is 0 Å². The third-order valence-corrected chi connectivity index (χ3v) is 4.88. The quantitative estimate of drug-likeness (QED) is 0.752. The lowest BCUT2D eigenvalue weighted by atomic mass is 9.94. The molecule has 26 heavy (non-hydrogen) atoms. The van der Waals surface area contributed by atoms with E-state index < -0.39 is 0 Å². The molecule has 3 heterocycles. The lowest BCUT2D eigenvalue weighted by Crippen LogP contribution is -2.38. The SMILES string of the molecule is COc1ccc(C2CN(c3ncnc4[nH]ccc34)CC2NC(C)=O)cc1. The second kappa shape index (κ2) is 6.67. The zero-order valence-corrected chi connectivity index (χ0v) is 14.8. The van der Waals surface area contributed by atoms with E-state index in [1.54, 1.807) is 20.4 Å². The summed E-state index contributed by atoms with van der Waals surface area (Å²) in [5, 5.41) is 4.09. The Morgan fingerprint density at radius 3 is 2.77 bits per heavy atom. The third kappa shape index (κ3) is 2.96. The van der Waals surface area contributed by atoms with E-state index in [2.05, 4.69) is 37.3 Å². The summed E-state index contributed by atoms with van der Waals surface area (Å²) in [6, 6.07) is 10.0. The van der Waals surface area contributed by atoms with Crippen LogP contribution in [-0.4, -0.2) is 47.1 Å². The molecule has 0 radical (unpaired) electrons. The number of carbonyl (C=O) groups excluding carboxylic acids is 1. The second-order valence-electron chi connectivity index (χ2n) is 6.53. The van der Waals surface area contributed by atoms with Gasteiger partial charge in [-0.25, -0.2) is 9.97 Å². The normalized spacial score (nSPS) is 19.7. The Balaban J connectivity index is 1.66. The number of aromatic amines is 1. The number of methoxy groups -OCH3 is 1. The zero-order chi connectivity index (χ0) is 18.1. The Morgan fingerprint density at radius 2 is 2.04 bits per heavy atom. The molecule has 1 aromatic carbocycles. The standard InChI is InChI=1S/C19H21N5O2/c1-12(25)23-17-10-24(19-15-7-8-20-18(15)21-11-22-19)9-16(17)13-3-5-14(26-2)6-4-13/h3-8,11,16-17H,9-10H2,1-2H3,(H,23,25)(H,20,21,22). The van der Waals surface area contributed by atoms with E-state index in [0.717, 1.165) is 29.1 Å². The maximum absolute atomic E-state index is 11.7. The van der Waals surface area contributed by atoms with Crippen LogP contribution >= 0.6 is 0 Å². The van der Waals surface area contributed by atoms with Gasteiger partial charge >= 0.3 is 0 Å². The first-order valence-corrected chi connectivity index (χ1v) is 8.60. The number of H-pyrrole nitrogens is 1. The Bertz CT molecular complexity index is 921. The van der Waals surface area contributed by atoms with Crippen molar-refractivity contribution in [1.82, 2.24) is 20.3 Å². The first-order valence-electron chi connectivity index (χ1n) is 8.60. The number of fused-ring (bicyclic) bond motifs is 1. The Kier molecular flexibility index (Phi) is 4.20. The van der Waals surface area contributed by atoms with Gasteiger partial charge in [-0.05, 0) is 23.8 Å². The van der Waals surface area contributed by atoms with Crippen molar-refractivity contribution >= 4 is 22.8 Å². The Labute approximate surface area is 151 Å². The molecule has 7 nitrogen and oxygen atoms in total. The fourth-order valence-electron chi connectivity index (χ4n) is 3.68. The van der Waals surface area contributed by atoms with E-state index in [1.807, 2.05) is 24.4 Å². The lowest BCUT2D eigenvalue weighted by molar-refractivity contribution is -0.119. The van der Waals surface area contributed by atoms with E-state index in [9.17, 15) is 4.79 Å². The van der Waals surface area contributed by atoms with Crippen molar-refractivity contribution in [2.24, 2.45) is 0 Å². The van der Waals surface area contributed by atoms with Gasteiger partial charge in [0.05, 0.1) is 18.5 Å². The maximum atomic E-state index is 11.7. The highest BCUT2D eigenvalue weighted by molar-refractivity contribution is 5.87. The summed E-state index contributed by atoms with van der Waals surface area (Å²) in [6.07, 6.45) is 3.44. The second-order valence-corrected chi connectivity index (χ2v) is 6.53. The number of rotatable bonds is 4. The number of amides is 1. The van der Waals surface area contributed by atoms with Crippen molar-refractivity contribution in [2.45, 2.75) is 18.9 Å². The van der Waals surface area contributed by atoms with Gasteiger partial charge in [-0.1, -0.05) is 12.1 Å². The zero-order valence-electron chi connectivity index (χ0n) is 14.8. The number of hydrogen-bond donors (Lipinski definition) is 2. The predicted molar refractivity (Wildman–Crippen MR) is 99.4 cm³/mol. The van der Waals surface area contributed by atoms with E-state index >= 15 is 0 Å². The molecule has 7 heteroatoms. The third-order valence-electron chi connectivity index (χ3n) is 4.88. The van der Waals surface area contributed by atoms with Gasteiger partial charge in [0.2, 0.25) is 5.91 Å². The fourth-order valence-corrected chi connectivity index (χ4v) is 3.68. The number of aromatic nitrogens is 3. The van der Waals surface area contributed by atoms with Crippen LogP contribution in [0.15, 0.2) is 42.9 Å². The predicted octanol–water partition coefficient (Wildman–Crippen LogP) is 2.07. The van der Waals surface area contributed by atoms with Crippen LogP contribution in [0.25, 0.3) is 11.0 Å². The van der Waals surface area contributed by atoms with Crippen molar-refractivity contribution in [3.05, 3.63) is 48.4 Å². The van der Waals surface area contributed by atoms with E-state index in [-0.39, 0.29) is 17.9 Å². The molecule has 2 N–H and O–H groups in total. The van der Waals surface area contributed by atoms with Crippen LogP contribution < -0.4 is 15.0 Å². The molecule has 4 rings (SSSR count). The van der Waals surface area contributed by atoms with Crippen molar-refractivity contribution in [3.8, 4) is 5.75 Å². The topological polar surface area (TPSA) is 83.1 Å². The van der Waals surface area contributed by atoms with Crippen LogP contribution in [0.3, 0.4) is 0 Å². The van der Waals surface area contributed by atoms with Crippen LogP contribution in [0.1, 0.15) is 18.4 Å². The van der Waals surface area contributed by atoms with Crippen LogP contribution in [0, 0.1) is 0 Å². The number of benzene rings is 1. The minimum absolute atomic E-state index is 0.0184. The molecule has 1 aliphatic rings. The fraction of sp³-hybridized carbons (Fsp3) is 0.316. The number of ether oxygens (including phenoxy) is 1. The largest absolute Gasteiger partial charge is 0.497 e. The molecule has 2 aromatic heterocycles. The molecule has 0 bridgehead atoms. The maximum Gasteiger partial charge on any atom is 0.217 e. The molecule has 2 atom stereocenters. The van der Waals surface area contributed by atoms with E-state index in [0.29, 0.717) is 6.54 Å². The highest BCUT2D eigenvalue weighted by Crippen LogP contribution is 2.33. The van der Waals surface area contributed by atoms with Crippen LogP contribution in [0.2, 0.25) is 0 Å². The molecular formula is C19H21N5O2. The smallest absolute Gasteiger partial charge is 0.217 e. The van der Waals surface area contributed by atoms with Crippen LogP contribution in [0.4, 0.5) is 5.82 Å². The number of nitrogens with one attached hydrogen (secondary N) is 2. The van der Waals surface area contributed by atoms with Crippen molar-refractivity contribution in [3.63, 3.8) is 0 Å². The average molecular weight is 351 g/mol. The summed E-state index contributed by atoms with van der Waals surface area (Å²) in [4.78, 5) is 25.8. The Morgan fingerprint density at radius 1 is 1.23 bits per heavy atom. The van der Waals surface area contributed by atoms with Gasteiger partial charge in [0, 0.05) is 32.1 Å². The van der Waals surface area contributed by atoms with Crippen molar-refractivity contribution in [1.29, 1.82) is 0 Å². The summed E-state index contributed by atoms with van der Waals surface area (Å²) >= 11 is 0. The number of anilines is 1. The van der Waals surface area contributed by atoms with Crippen molar-refractivity contribution in [2.75, 3.05) is 25.1 Å². The average Bonchev–Trinajstić information content (AvgIpc) is 3.28. The van der Waals surface area contributed by atoms with E-state index in [4.69, 9.17) is 4.74 Å². The first kappa shape index (κ1) is 16.4. The van der Waals surface area contributed by atoms with Gasteiger partial charge in [-0.3, -0.25) is 4.79 Å². The summed E-state index contributed by atoms with van der Waals surface area (Å²) in [6.45, 7) is 3.03. The molecule has 0 aliphatic carbocycles. The van der Waals surface area contributed by atoms with Gasteiger partial charge in [-0.2, -0.15) is 0 Å². The minimum Gasteiger partial charge on any atom is -0.497 e. The molecule has 1 aliphatic heterocycles. The molecule has 0 saturated carbocycles. The minimum atomic E-state index is -0.0233. The van der Waals surface area contributed by atoms with Gasteiger partial charge in [-0.15, -0.1) is 0 Å². The molecule has 2 unspecified atom stereocenters. The highest BCUT2D eigenvalue weighted by atomic mass is 16.5. The molecule has 134 valence electrons. The van der Waals surface area contributed by atoms with Crippen molar-refractivity contribution < 1.29 is 9.53 Å². The molecule has 0 spiro atoms. The number of nitrogens with zero attached hydrogens (tertiary/aromatic N) is 3. The lowest BCUT2D eigenvalue weighted by Gasteiger charge is -2.19. The molecule has 1 saturated heterocycles. The summed E-state index contributed by atoms with van der Waals surface area (Å²) in [5.41, 5.74) is 1.99. The molecule has 1 amide bonds. The van der Waals surface area contributed by atoms with Crippen LogP contribution in [0.5, 0.6) is 5.75 Å². The number of carbonyl (C=O) groups is 1. The summed E-state index contributed by atoms with van der Waals surface area (Å²) in [7, 11) is 1.66. The highest BCUT2D eigenvalue weighted by Gasteiger charge is 2.35. The van der Waals surface area contributed by atoms with Gasteiger partial charge < -0.3 is 19.9 Å². The monoisotopic (exact) mass is 351 g/mol. The summed E-state index contributed by atoms with van der Waals surface area (Å²) < 4.78 is 5.25. The van der Waals surface area contributed by atoms with E-state index in [1.165, 1.54) is 5.56 Å². The van der Waals surface area contributed by atoms with Crippen LogP contribution in [-0.2, 0) is 4.79 Å². The first-order chi connectivity index (χ1) is 12.7. The molecular weight excluding hydrogens is 330 g/mol. The van der Waals surface area contributed by atoms with Gasteiger partial charge in [0.1, 0.15) is 23.5 Å². The molecule has 1 fully saturated rings. The number of hydrogen-bond acceptors (Lipinski definition) is 5. The summed E-state index contributed by atoms with van der Waals surface area (Å²) in [5.74, 6) is 1.87.